The smallest absolute Gasteiger partial charge is 0.262 e. The van der Waals surface area contributed by atoms with Crippen molar-refractivity contribution < 1.29 is 47.7 Å². The number of fused-ring (bicyclic) bond motifs is 5. The van der Waals surface area contributed by atoms with Crippen LogP contribution in [0.2, 0.25) is 0 Å². The molecule has 3 aliphatic heterocycles. The number of aromatic hydroxyl groups is 1. The Hall–Kier alpha value is -10.4. The third-order valence-corrected chi connectivity index (χ3v) is 23.3. The first kappa shape index (κ1) is 80.1. The zero-order chi connectivity index (χ0) is 76.5. The first-order valence-electron chi connectivity index (χ1n) is 35.7. The molecule has 1 saturated carbocycles. The molecule has 0 unspecified atom stereocenters. The molecule has 12 aromatic rings. The predicted octanol–water partition coefficient (Wildman–Crippen LogP) is 17.5. The molecule has 0 radical (unpaired) electrons. The first-order valence-corrected chi connectivity index (χ1v) is 40.5. The maximum absolute atomic E-state index is 13.7. The molecule has 1 aliphatic carbocycles. The minimum Gasteiger partial charge on any atom is -0.507 e. The standard InChI is InChI=1S/C24H25N3O3S.C23H20N2O3S.C19H15FN4O2S2.C18H17NO2S.BrH/c28-22(25-17-12-11-16-6-5-13-30-21(16)14-17)15-31-24-26-20-10-4-3-9-19(20)23(29)27(24)18-7-1-2-8-18;1-15-7-12-18(21(26)13-15)22(27)14-29-23-24-19-5-3-4-6-20(19)25(23)16-8-10-17(28-2)11-9-16;20-14-6-2-3-7-15(14)21-18-22-23-19(28-18)27-11-17(26)24-10-13(25)9-12-5-1-4-8-16(12)24;1-21-15-8-6-14(7-9-15)17(20)12-22-18-16-5-3-2-4-13(16)10-11-19-18;/h3-4,9-12,14,18H,1-2,5-8,13,15H2,(H,25,28);3-13,26H,14H2,1-2H3;1-8H,9-11H2,(H,21,22);2-9H,10-12H2,1H3;1H. The van der Waals surface area contributed by atoms with Gasteiger partial charge in [0.2, 0.25) is 16.9 Å². The van der Waals surface area contributed by atoms with Crippen LogP contribution in [0.1, 0.15) is 86.7 Å². The molecule has 0 atom stereocenters. The van der Waals surface area contributed by atoms with E-state index in [9.17, 15) is 38.3 Å². The highest BCUT2D eigenvalue weighted by atomic mass is 79.9. The number of methoxy groups -OCH3 is 2. The molecule has 3 aromatic heterocycles. The lowest BCUT2D eigenvalue weighted by molar-refractivity contribution is -0.121. The van der Waals surface area contributed by atoms with Gasteiger partial charge in [0.1, 0.15) is 28.8 Å². The third kappa shape index (κ3) is 20.4. The minimum atomic E-state index is -0.379. The Morgan fingerprint density at radius 1 is 0.658 bits per heavy atom. The highest BCUT2D eigenvalue weighted by Crippen LogP contribution is 2.36. The van der Waals surface area contributed by atoms with E-state index in [2.05, 4.69) is 44.0 Å². The number of anilines is 4. The number of ether oxygens (including phenoxy) is 3. The van der Waals surface area contributed by atoms with Crippen LogP contribution >= 0.6 is 75.4 Å². The number of benzene rings is 9. The monoisotopic (exact) mass is 1640 g/mol. The Morgan fingerprint density at radius 2 is 1.34 bits per heavy atom. The summed E-state index contributed by atoms with van der Waals surface area (Å²) in [5.41, 5.74) is 11.7. The third-order valence-electron chi connectivity index (χ3n) is 18.4. The fourth-order valence-electron chi connectivity index (χ4n) is 12.9. The number of aromatic nitrogens is 6. The number of Topliss-reactive ketones (excluding diaryl/α,β-unsaturated/α-hetero) is 3. The van der Waals surface area contributed by atoms with Crippen molar-refractivity contribution in [3.05, 3.63) is 261 Å². The van der Waals surface area contributed by atoms with Crippen LogP contribution in [-0.2, 0) is 33.6 Å². The zero-order valence-electron chi connectivity index (χ0n) is 60.8. The number of rotatable bonds is 20. The Balaban J connectivity index is 0.000000138. The lowest BCUT2D eigenvalue weighted by atomic mass is 10.0. The molecule has 20 nitrogen and oxygen atoms in total. The fraction of sp³-hybridized carbons (Fsp3) is 0.226. The minimum absolute atomic E-state index is 0. The second-order valence-corrected chi connectivity index (χ2v) is 31.0. The molecule has 3 N–H and O–H groups in total. The van der Waals surface area contributed by atoms with Crippen molar-refractivity contribution in [2.24, 2.45) is 4.99 Å². The summed E-state index contributed by atoms with van der Waals surface area (Å²) in [6, 6.07) is 63.3. The summed E-state index contributed by atoms with van der Waals surface area (Å²) in [6.45, 7) is 3.48. The normalized spacial score (nSPS) is 13.4. The number of aryl methyl sites for hydroxylation is 2. The van der Waals surface area contributed by atoms with Gasteiger partial charge >= 0.3 is 0 Å². The lowest BCUT2D eigenvalue weighted by Crippen LogP contribution is -2.41. The molecule has 27 heteroatoms. The number of hydrogen-bond acceptors (Lipinski definition) is 21. The summed E-state index contributed by atoms with van der Waals surface area (Å²) >= 11 is 6.68. The van der Waals surface area contributed by atoms with E-state index in [1.807, 2.05) is 156 Å². The van der Waals surface area contributed by atoms with Gasteiger partial charge in [0.25, 0.3) is 5.56 Å². The fourth-order valence-corrected chi connectivity index (χ4v) is 17.3. The molecule has 16 rings (SSSR count). The summed E-state index contributed by atoms with van der Waals surface area (Å²) in [4.78, 5) is 91.0. The van der Waals surface area contributed by atoms with Crippen molar-refractivity contribution in [2.45, 2.75) is 79.0 Å². The number of aliphatic imine (C=N–C) groups is 1. The second-order valence-electron chi connectivity index (χ2n) is 25.9. The van der Waals surface area contributed by atoms with E-state index < -0.39 is 0 Å². The number of halogens is 2. The van der Waals surface area contributed by atoms with Crippen molar-refractivity contribution in [1.29, 1.82) is 0 Å². The van der Waals surface area contributed by atoms with Gasteiger partial charge in [-0.1, -0.05) is 162 Å². The van der Waals surface area contributed by atoms with Gasteiger partial charge in [-0.05, 0) is 170 Å². The first-order chi connectivity index (χ1) is 53.6. The van der Waals surface area contributed by atoms with Gasteiger partial charge in [-0.25, -0.2) is 14.4 Å². The van der Waals surface area contributed by atoms with E-state index in [1.165, 1.54) is 86.0 Å². The quantitative estimate of drug-likeness (QED) is 0.0364. The molecule has 2 amide bonds. The Kier molecular flexibility index (Phi) is 27.8. The molecule has 568 valence electrons. The molecular formula is C84H78BrFN10O10S5. The second kappa shape index (κ2) is 38.5. The van der Waals surface area contributed by atoms with Crippen molar-refractivity contribution in [2.75, 3.05) is 72.5 Å². The van der Waals surface area contributed by atoms with Crippen LogP contribution < -0.4 is 35.3 Å². The molecular weight excluding hydrogens is 1570 g/mol. The number of para-hydroxylation sites is 5. The number of nitrogens with one attached hydrogen (secondary N) is 2. The van der Waals surface area contributed by atoms with Gasteiger partial charge < -0.3 is 34.9 Å². The Morgan fingerprint density at radius 3 is 2.12 bits per heavy atom. The topological polar surface area (TPSA) is 251 Å². The van der Waals surface area contributed by atoms with E-state index in [1.54, 1.807) is 56.7 Å². The molecule has 111 heavy (non-hydrogen) atoms. The molecule has 1 fully saturated rings. The van der Waals surface area contributed by atoms with Gasteiger partial charge in [-0.15, -0.1) is 27.2 Å². The van der Waals surface area contributed by atoms with Crippen molar-refractivity contribution in [3.8, 4) is 28.7 Å². The van der Waals surface area contributed by atoms with Gasteiger partial charge in [-0.3, -0.25) is 42.9 Å². The van der Waals surface area contributed by atoms with E-state index in [-0.39, 0.29) is 93.1 Å². The Bertz CT molecular complexity index is 5450. The van der Waals surface area contributed by atoms with E-state index in [4.69, 9.17) is 24.2 Å². The van der Waals surface area contributed by atoms with Crippen LogP contribution in [0.4, 0.5) is 26.6 Å². The molecule has 0 saturated heterocycles. The van der Waals surface area contributed by atoms with Gasteiger partial charge in [0.15, 0.2) is 32.0 Å². The number of phenols is 1. The highest BCUT2D eigenvalue weighted by Gasteiger charge is 2.29. The van der Waals surface area contributed by atoms with Crippen molar-refractivity contribution >= 4 is 154 Å². The van der Waals surface area contributed by atoms with Crippen LogP contribution in [0.15, 0.2) is 231 Å². The summed E-state index contributed by atoms with van der Waals surface area (Å²) in [5, 5.41) is 27.3. The predicted molar refractivity (Wildman–Crippen MR) is 448 cm³/mol. The number of carbonyl (C=O) groups excluding carboxylic acids is 5. The van der Waals surface area contributed by atoms with Gasteiger partial charge in [0, 0.05) is 53.3 Å². The SMILES string of the molecule is Br.COc1ccc(-n2c(SCC(=O)c3ccc(C)cc3O)nc3ccccc32)cc1.COc1ccc(C(=O)CSC2=NCCc3ccccc32)cc1.O=C(CSc1nc2ccccc2c(=O)n1C1CCCC1)Nc1ccc2c(c1)OCCC2.O=C1Cc2ccccc2N(C(=O)CSc2nnc(Nc3ccccc3F)s2)C1. The highest BCUT2D eigenvalue weighted by molar-refractivity contribution is 8.93. The maximum atomic E-state index is 13.7. The largest absolute Gasteiger partial charge is 0.507 e. The number of thioether (sulfide) groups is 4. The number of hydrogen-bond donors (Lipinski definition) is 3. The number of phenolic OH excluding ortho intramolecular Hbond substituents is 1. The van der Waals surface area contributed by atoms with Crippen LogP contribution in [-0.4, -0.2) is 126 Å². The van der Waals surface area contributed by atoms with Crippen molar-refractivity contribution in [1.82, 2.24) is 29.3 Å². The van der Waals surface area contributed by atoms with Crippen LogP contribution in [0, 0.1) is 12.7 Å². The number of ketones is 3. The average molecular weight is 1650 g/mol. The molecule has 0 spiro atoms. The summed E-state index contributed by atoms with van der Waals surface area (Å²) in [7, 11) is 3.25. The average Bonchev–Trinajstić information content (AvgIpc) is 1.74. The van der Waals surface area contributed by atoms with Crippen LogP contribution in [0.3, 0.4) is 0 Å². The number of amides is 2. The van der Waals surface area contributed by atoms with Gasteiger partial charge in [-0.2, -0.15) is 0 Å². The van der Waals surface area contributed by atoms with Crippen LogP contribution in [0.5, 0.6) is 23.0 Å². The number of carbonyl (C=O) groups is 5. The summed E-state index contributed by atoms with van der Waals surface area (Å²) < 4.78 is 34.2. The van der Waals surface area contributed by atoms with Crippen molar-refractivity contribution in [3.63, 3.8) is 0 Å². The lowest BCUT2D eigenvalue weighted by Gasteiger charge is -2.28. The van der Waals surface area contributed by atoms with E-state index in [0.717, 1.165) is 118 Å². The zero-order valence-corrected chi connectivity index (χ0v) is 66.6. The molecule has 0 bridgehead atoms. The molecule has 6 heterocycles. The van der Waals surface area contributed by atoms with Crippen LogP contribution in [0.25, 0.3) is 27.6 Å². The number of nitrogens with zero attached hydrogens (tertiary/aromatic N) is 8. The number of imidazole rings is 1. The van der Waals surface area contributed by atoms with Gasteiger partial charge in [0.05, 0.1) is 88.6 Å². The maximum Gasteiger partial charge on any atom is 0.262 e. The molecule has 9 aromatic carbocycles. The molecule has 4 aliphatic rings. The van der Waals surface area contributed by atoms with E-state index in [0.29, 0.717) is 61.1 Å². The Labute approximate surface area is 672 Å². The summed E-state index contributed by atoms with van der Waals surface area (Å²) in [5.74, 6) is 2.63. The summed E-state index contributed by atoms with van der Waals surface area (Å²) in [6.07, 6.45) is 7.57. The van der Waals surface area contributed by atoms with E-state index >= 15 is 0 Å².